The predicted molar refractivity (Wildman–Crippen MR) is 108 cm³/mol. The summed E-state index contributed by atoms with van der Waals surface area (Å²) in [5.74, 6) is 0.432. The Morgan fingerprint density at radius 3 is 1.09 bits per heavy atom. The van der Waals surface area contributed by atoms with Gasteiger partial charge in [0.25, 0.3) is 0 Å². The standard InChI is InChI=1S/2C7H5F3O.2C5H5.Zr/c2*8-7(9,10)5-1-3-6(11)4-2-5;2*1-2-4-5-3-1;/h2*1-4,11H;2*1-5H;/q;;;;+2/p-2. The van der Waals surface area contributed by atoms with E-state index in [0.717, 1.165) is 24.3 Å². The Bertz CT molecular complexity index is 982. The maximum absolute atomic E-state index is 13.0. The number of hydrogen-bond donors (Lipinski definition) is 0. The van der Waals surface area contributed by atoms with Gasteiger partial charge in [-0.3, -0.25) is 0 Å². The van der Waals surface area contributed by atoms with Crippen molar-refractivity contribution in [2.45, 2.75) is 19.6 Å². The van der Waals surface area contributed by atoms with Gasteiger partial charge >= 0.3 is 192 Å². The van der Waals surface area contributed by atoms with Crippen LogP contribution in [0.1, 0.15) is 11.1 Å². The average molecular weight is 544 g/mol. The van der Waals surface area contributed by atoms with E-state index in [0.29, 0.717) is 0 Å². The molecule has 0 saturated carbocycles. The summed E-state index contributed by atoms with van der Waals surface area (Å²) in [7, 11) is 0. The van der Waals surface area contributed by atoms with E-state index >= 15 is 0 Å². The van der Waals surface area contributed by atoms with Gasteiger partial charge in [-0.1, -0.05) is 0 Å². The van der Waals surface area contributed by atoms with Gasteiger partial charge in [-0.25, -0.2) is 0 Å². The van der Waals surface area contributed by atoms with Crippen LogP contribution in [-0.2, 0) is 33.5 Å². The molecule has 0 heterocycles. The zero-order valence-corrected chi connectivity index (χ0v) is 19.4. The Balaban J connectivity index is 1.73. The fraction of sp³-hybridized carbons (Fsp3) is 0.167. The van der Waals surface area contributed by atoms with E-state index < -0.39 is 44.6 Å². The Labute approximate surface area is 192 Å². The summed E-state index contributed by atoms with van der Waals surface area (Å²) in [6.07, 6.45) is 5.90. The number of halogens is 6. The third kappa shape index (κ3) is 5.19. The Morgan fingerprint density at radius 2 is 0.818 bits per heavy atom. The molecule has 2 aromatic rings. The fourth-order valence-corrected chi connectivity index (χ4v) is 12.5. The first-order valence-electron chi connectivity index (χ1n) is 10.0. The van der Waals surface area contributed by atoms with Gasteiger partial charge in [-0.15, -0.1) is 0 Å². The summed E-state index contributed by atoms with van der Waals surface area (Å²) in [5.41, 5.74) is -1.61. The predicted octanol–water partition coefficient (Wildman–Crippen LogP) is 7.99. The number of alkyl halides is 6. The van der Waals surface area contributed by atoms with Gasteiger partial charge in [-0.2, -0.15) is 0 Å². The summed E-state index contributed by atoms with van der Waals surface area (Å²) < 4.78 is 90.2. The van der Waals surface area contributed by atoms with E-state index in [2.05, 4.69) is 0 Å². The normalized spacial score (nSPS) is 16.7. The minimum atomic E-state index is -4.48. The average Bonchev–Trinajstić information content (AvgIpc) is 3.47. The van der Waals surface area contributed by atoms with Crippen LogP contribution in [0.5, 0.6) is 11.5 Å². The molecule has 0 amide bonds. The third-order valence-electron chi connectivity index (χ3n) is 5.34. The van der Waals surface area contributed by atoms with Crippen LogP contribution >= 0.6 is 0 Å². The zero-order valence-electron chi connectivity index (χ0n) is 17.0. The second kappa shape index (κ2) is 9.01. The van der Waals surface area contributed by atoms with E-state index in [1.54, 1.807) is 0 Å². The van der Waals surface area contributed by atoms with E-state index in [-0.39, 0.29) is 18.8 Å². The van der Waals surface area contributed by atoms with Crippen molar-refractivity contribution < 1.29 is 53.1 Å². The zero-order chi connectivity index (χ0) is 23.7. The van der Waals surface area contributed by atoms with Gasteiger partial charge < -0.3 is 0 Å². The fourth-order valence-electron chi connectivity index (χ4n) is 3.71. The van der Waals surface area contributed by atoms with Crippen molar-refractivity contribution >= 4 is 0 Å². The molecule has 0 spiro atoms. The summed E-state index contributed by atoms with van der Waals surface area (Å²) in [6, 6.07) is 8.72. The molecule has 0 unspecified atom stereocenters. The van der Waals surface area contributed by atoms with Gasteiger partial charge in [-0.05, 0) is 0 Å². The van der Waals surface area contributed by atoms with Gasteiger partial charge in [0.05, 0.1) is 0 Å². The van der Waals surface area contributed by atoms with Crippen LogP contribution in [0.25, 0.3) is 0 Å². The molecule has 0 aliphatic heterocycles. The summed E-state index contributed by atoms with van der Waals surface area (Å²) in [5, 5.41) is 0. The maximum atomic E-state index is 13.0. The van der Waals surface area contributed by atoms with Gasteiger partial charge in [0.1, 0.15) is 0 Å². The second-order valence-corrected chi connectivity index (χ2v) is 15.4. The van der Waals surface area contributed by atoms with Crippen LogP contribution in [0.4, 0.5) is 26.3 Å². The molecule has 2 aliphatic carbocycles. The SMILES string of the molecule is FC(F)(F)c1ccc([O][Zr]([O]c2ccc(C(F)(F)F)cc2)([CH]2C=CC=C2)[CH]2C=CC=C2)cc1. The summed E-state index contributed by atoms with van der Waals surface area (Å²) in [4.78, 5) is 0. The van der Waals surface area contributed by atoms with Crippen LogP contribution < -0.4 is 5.63 Å². The van der Waals surface area contributed by atoms with Gasteiger partial charge in [0, 0.05) is 0 Å². The van der Waals surface area contributed by atoms with Crippen LogP contribution in [0.3, 0.4) is 0 Å². The van der Waals surface area contributed by atoms with Crippen LogP contribution in [-0.4, -0.2) is 0 Å². The molecule has 0 aromatic heterocycles. The van der Waals surface area contributed by atoms with Crippen molar-refractivity contribution in [3.63, 3.8) is 0 Å². The van der Waals surface area contributed by atoms with Crippen molar-refractivity contribution in [2.24, 2.45) is 0 Å². The molecule has 4 rings (SSSR count). The van der Waals surface area contributed by atoms with Crippen molar-refractivity contribution in [3.8, 4) is 11.5 Å². The topological polar surface area (TPSA) is 18.5 Å². The molecular formula is C24H18F6O2Zr. The third-order valence-corrected chi connectivity index (χ3v) is 14.5. The number of benzene rings is 2. The molecule has 33 heavy (non-hydrogen) atoms. The minimum absolute atomic E-state index is 0.216. The Kier molecular flexibility index (Phi) is 6.45. The first-order chi connectivity index (χ1) is 15.6. The first-order valence-corrected chi connectivity index (χ1v) is 14.8. The molecule has 2 aliphatic rings. The molecule has 0 N–H and O–H groups in total. The van der Waals surface area contributed by atoms with Crippen LogP contribution in [0, 0.1) is 0 Å². The van der Waals surface area contributed by atoms with E-state index in [1.165, 1.54) is 24.3 Å². The molecule has 2 nitrogen and oxygen atoms in total. The molecule has 0 radical (unpaired) electrons. The number of hydrogen-bond acceptors (Lipinski definition) is 2. The molecular weight excluding hydrogens is 525 g/mol. The molecule has 2 aromatic carbocycles. The Hall–Kier alpha value is -2.54. The van der Waals surface area contributed by atoms with E-state index in [9.17, 15) is 26.3 Å². The number of allylic oxidation sites excluding steroid dienone is 8. The van der Waals surface area contributed by atoms with Crippen molar-refractivity contribution in [1.29, 1.82) is 0 Å². The second-order valence-electron chi connectivity index (χ2n) is 7.56. The first kappa shape index (κ1) is 23.6. The van der Waals surface area contributed by atoms with Crippen LogP contribution in [0.15, 0.2) is 97.1 Å². The quantitative estimate of drug-likeness (QED) is 0.344. The molecule has 0 bridgehead atoms. The molecule has 0 fully saturated rings. The molecule has 0 atom stereocenters. The van der Waals surface area contributed by atoms with Crippen molar-refractivity contribution in [2.75, 3.05) is 0 Å². The molecule has 9 heteroatoms. The van der Waals surface area contributed by atoms with E-state index in [4.69, 9.17) is 5.63 Å². The monoisotopic (exact) mass is 542 g/mol. The van der Waals surface area contributed by atoms with Gasteiger partial charge in [0.2, 0.25) is 0 Å². The Morgan fingerprint density at radius 1 is 0.515 bits per heavy atom. The summed E-state index contributed by atoms with van der Waals surface area (Å²) in [6.45, 7) is 0. The van der Waals surface area contributed by atoms with E-state index in [1.807, 2.05) is 48.6 Å². The number of rotatable bonds is 6. The molecule has 0 saturated heterocycles. The van der Waals surface area contributed by atoms with Crippen molar-refractivity contribution in [1.82, 2.24) is 0 Å². The molecule has 172 valence electrons. The summed E-state index contributed by atoms with van der Waals surface area (Å²) >= 11 is -4.45. The van der Waals surface area contributed by atoms with Crippen molar-refractivity contribution in [3.05, 3.63) is 108 Å². The van der Waals surface area contributed by atoms with Gasteiger partial charge in [0.15, 0.2) is 0 Å². The van der Waals surface area contributed by atoms with Crippen LogP contribution in [0.2, 0.25) is 7.25 Å².